The van der Waals surface area contributed by atoms with E-state index >= 15 is 0 Å². The first-order valence-corrected chi connectivity index (χ1v) is 6.00. The van der Waals surface area contributed by atoms with Crippen molar-refractivity contribution in [1.82, 2.24) is 9.55 Å². The van der Waals surface area contributed by atoms with E-state index in [1.807, 2.05) is 0 Å². The Morgan fingerprint density at radius 2 is 2.37 bits per heavy atom. The third-order valence-electron chi connectivity index (χ3n) is 3.09. The van der Waals surface area contributed by atoms with E-state index in [2.05, 4.69) is 4.98 Å². The molecular weight excluding hydrogens is 281 g/mol. The third-order valence-corrected chi connectivity index (χ3v) is 3.54. The number of nitrogens with zero attached hydrogens (tertiary/aromatic N) is 2. The van der Waals surface area contributed by atoms with Gasteiger partial charge in [0.25, 0.3) is 0 Å². The Morgan fingerprint density at radius 1 is 1.68 bits per heavy atom. The van der Waals surface area contributed by atoms with E-state index in [4.69, 9.17) is 22.1 Å². The van der Waals surface area contributed by atoms with Crippen LogP contribution in [0.3, 0.4) is 0 Å². The number of aromatic nitrogens is 2. The summed E-state index contributed by atoms with van der Waals surface area (Å²) in [6.45, 7) is -0.675. The molecule has 1 unspecified atom stereocenters. The van der Waals surface area contributed by atoms with E-state index in [0.29, 0.717) is 0 Å². The molecule has 9 heteroatoms. The number of nitrogen functional groups attached to an aromatic ring is 1. The highest BCUT2D eigenvalue weighted by Gasteiger charge is 2.55. The van der Waals surface area contributed by atoms with E-state index in [1.165, 1.54) is 12.3 Å². The summed E-state index contributed by atoms with van der Waals surface area (Å²) in [4.78, 5) is 15.1. The number of aliphatic hydroxyl groups is 2. The van der Waals surface area contributed by atoms with Crippen molar-refractivity contribution in [1.29, 1.82) is 0 Å². The summed E-state index contributed by atoms with van der Waals surface area (Å²) in [5.41, 5.74) is 2.86. The molecule has 0 bridgehead atoms. The van der Waals surface area contributed by atoms with Gasteiger partial charge in [0.15, 0.2) is 12.4 Å². The number of rotatable bonds is 3. The van der Waals surface area contributed by atoms with Crippen molar-refractivity contribution < 1.29 is 19.3 Å². The normalized spacial score (nSPS) is 34.6. The minimum Gasteiger partial charge on any atom is -0.393 e. The van der Waals surface area contributed by atoms with Crippen molar-refractivity contribution in [3.63, 3.8) is 0 Å². The Labute approximate surface area is 112 Å². The lowest BCUT2D eigenvalue weighted by Crippen LogP contribution is -2.47. The summed E-state index contributed by atoms with van der Waals surface area (Å²) in [5, 5.41) is 19.0. The average molecular weight is 294 g/mol. The summed E-state index contributed by atoms with van der Waals surface area (Å²) < 4.78 is 20.2. The van der Waals surface area contributed by atoms with Gasteiger partial charge in [-0.05, 0) is 6.07 Å². The van der Waals surface area contributed by atoms with Crippen molar-refractivity contribution in [3.05, 3.63) is 22.7 Å². The van der Waals surface area contributed by atoms with Crippen LogP contribution in [0.15, 0.2) is 17.1 Å². The van der Waals surface area contributed by atoms with Crippen LogP contribution >= 0.6 is 11.6 Å². The number of nitrogens with two attached hydrogens (primary N) is 1. The lowest BCUT2D eigenvalue weighted by Gasteiger charge is -2.26. The Hall–Kier alpha value is -1.22. The monoisotopic (exact) mass is 293 g/mol. The molecule has 1 aliphatic heterocycles. The van der Waals surface area contributed by atoms with E-state index in [9.17, 15) is 19.4 Å². The maximum atomic E-state index is 14.1. The Balaban J connectivity index is 2.39. The molecule has 0 saturated carbocycles. The van der Waals surface area contributed by atoms with Crippen LogP contribution in [0.5, 0.6) is 0 Å². The van der Waals surface area contributed by atoms with E-state index in [-0.39, 0.29) is 11.7 Å². The molecule has 4 N–H and O–H groups in total. The van der Waals surface area contributed by atoms with Crippen LogP contribution in [0.4, 0.5) is 10.2 Å². The molecule has 4 atom stereocenters. The van der Waals surface area contributed by atoms with E-state index < -0.39 is 36.4 Å². The highest BCUT2D eigenvalue weighted by Crippen LogP contribution is 2.39. The molecule has 0 spiro atoms. The molecule has 0 amide bonds. The minimum atomic E-state index is -1.92. The van der Waals surface area contributed by atoms with Crippen LogP contribution in [0.2, 0.25) is 0 Å². The molecule has 0 radical (unpaired) electrons. The summed E-state index contributed by atoms with van der Waals surface area (Å²) in [6.07, 6.45) is -3.78. The maximum Gasteiger partial charge on any atom is 0.351 e. The smallest absolute Gasteiger partial charge is 0.351 e. The number of halogens is 2. The molecule has 1 saturated heterocycles. The van der Waals surface area contributed by atoms with Crippen molar-refractivity contribution in [2.45, 2.75) is 24.1 Å². The lowest BCUT2D eigenvalue weighted by atomic mass is 9.99. The van der Waals surface area contributed by atoms with Crippen LogP contribution in [0, 0.1) is 0 Å². The molecule has 1 aromatic heterocycles. The molecule has 7 nitrogen and oxygen atoms in total. The molecule has 1 aromatic rings. The zero-order valence-electron chi connectivity index (χ0n) is 9.74. The zero-order chi connectivity index (χ0) is 14.2. The summed E-state index contributed by atoms with van der Waals surface area (Å²) >= 11 is 5.61. The SMILES string of the molecule is Nc1ccn([C@@H]2O[C@@](CO)(CCl)C(O)[C@@H]2F)c(=O)n1. The predicted molar refractivity (Wildman–Crippen MR) is 64.5 cm³/mol. The summed E-state index contributed by atoms with van der Waals surface area (Å²) in [7, 11) is 0. The Bertz CT molecular complexity index is 522. The molecular formula is C10H13ClFN3O4. The van der Waals surface area contributed by atoms with Gasteiger partial charge in [0.2, 0.25) is 0 Å². The maximum absolute atomic E-state index is 14.1. The topological polar surface area (TPSA) is 111 Å². The molecule has 19 heavy (non-hydrogen) atoms. The second-order valence-corrected chi connectivity index (χ2v) is 4.56. The Morgan fingerprint density at radius 3 is 2.84 bits per heavy atom. The van der Waals surface area contributed by atoms with Gasteiger partial charge in [-0.1, -0.05) is 0 Å². The van der Waals surface area contributed by atoms with Gasteiger partial charge in [-0.2, -0.15) is 4.98 Å². The standard InChI is InChI=1S/C10H13ClFN3O4/c11-3-10(4-16)7(17)6(12)8(19-10)15-2-1-5(13)14-9(15)18/h1-2,6-8,16-17H,3-4H2,(H2,13,14,18)/t6-,7?,8+,10+/m0/s1. The van der Waals surface area contributed by atoms with Crippen molar-refractivity contribution in [2.75, 3.05) is 18.2 Å². The van der Waals surface area contributed by atoms with Gasteiger partial charge in [-0.25, -0.2) is 9.18 Å². The Kier molecular flexibility index (Phi) is 3.77. The van der Waals surface area contributed by atoms with Crippen LogP contribution in [0.25, 0.3) is 0 Å². The van der Waals surface area contributed by atoms with Gasteiger partial charge in [0, 0.05) is 6.20 Å². The van der Waals surface area contributed by atoms with E-state index in [0.717, 1.165) is 4.57 Å². The molecule has 1 fully saturated rings. The number of hydrogen-bond acceptors (Lipinski definition) is 6. The van der Waals surface area contributed by atoms with Gasteiger partial charge < -0.3 is 20.7 Å². The molecule has 0 aromatic carbocycles. The molecule has 0 aliphatic carbocycles. The first-order chi connectivity index (χ1) is 8.95. The number of aliphatic hydroxyl groups excluding tert-OH is 2. The zero-order valence-corrected chi connectivity index (χ0v) is 10.5. The van der Waals surface area contributed by atoms with Crippen molar-refractivity contribution in [2.24, 2.45) is 0 Å². The molecule has 1 aliphatic rings. The predicted octanol–water partition coefficient (Wildman–Crippen LogP) is -0.977. The first-order valence-electron chi connectivity index (χ1n) is 5.46. The fourth-order valence-electron chi connectivity index (χ4n) is 1.93. The van der Waals surface area contributed by atoms with Gasteiger partial charge in [-0.3, -0.25) is 4.57 Å². The quantitative estimate of drug-likeness (QED) is 0.618. The first kappa shape index (κ1) is 14.2. The van der Waals surface area contributed by atoms with Crippen LogP contribution in [-0.2, 0) is 4.74 Å². The highest BCUT2D eigenvalue weighted by molar-refractivity contribution is 6.18. The van der Waals surface area contributed by atoms with Crippen molar-refractivity contribution >= 4 is 17.4 Å². The second-order valence-electron chi connectivity index (χ2n) is 4.30. The summed E-state index contributed by atoms with van der Waals surface area (Å²) in [6, 6.07) is 1.30. The number of alkyl halides is 2. The van der Waals surface area contributed by atoms with Crippen molar-refractivity contribution in [3.8, 4) is 0 Å². The molecule has 106 valence electrons. The summed E-state index contributed by atoms with van der Waals surface area (Å²) in [5.74, 6) is -0.334. The van der Waals surface area contributed by atoms with Gasteiger partial charge in [-0.15, -0.1) is 11.6 Å². The number of ether oxygens (including phenoxy) is 1. The van der Waals surface area contributed by atoms with Gasteiger partial charge >= 0.3 is 5.69 Å². The minimum absolute atomic E-state index is 0.0130. The second kappa shape index (κ2) is 5.04. The van der Waals surface area contributed by atoms with Crippen LogP contribution < -0.4 is 11.4 Å². The van der Waals surface area contributed by atoms with E-state index in [1.54, 1.807) is 0 Å². The van der Waals surface area contributed by atoms with Gasteiger partial charge in [0.1, 0.15) is 17.5 Å². The largest absolute Gasteiger partial charge is 0.393 e. The van der Waals surface area contributed by atoms with Gasteiger partial charge in [0.05, 0.1) is 12.5 Å². The molecule has 2 heterocycles. The fourth-order valence-corrected chi connectivity index (χ4v) is 2.24. The molecule has 2 rings (SSSR count). The average Bonchev–Trinajstić information content (AvgIpc) is 2.64. The number of hydrogen-bond donors (Lipinski definition) is 3. The third kappa shape index (κ3) is 2.20. The number of anilines is 1. The lowest BCUT2D eigenvalue weighted by molar-refractivity contribution is -0.115. The fraction of sp³-hybridized carbons (Fsp3) is 0.600. The van der Waals surface area contributed by atoms with Crippen LogP contribution in [0.1, 0.15) is 6.23 Å². The van der Waals surface area contributed by atoms with Crippen LogP contribution in [-0.4, -0.2) is 50.1 Å². The highest BCUT2D eigenvalue weighted by atomic mass is 35.5.